The van der Waals surface area contributed by atoms with Crippen LogP contribution in [0.15, 0.2) is 57.9 Å². The predicted molar refractivity (Wildman–Crippen MR) is 124 cm³/mol. The molecule has 1 saturated heterocycles. The fraction of sp³-hybridized carbons (Fsp3) is 0.318. The van der Waals surface area contributed by atoms with E-state index in [2.05, 4.69) is 10.1 Å². The van der Waals surface area contributed by atoms with Crippen molar-refractivity contribution in [3.05, 3.63) is 64.5 Å². The first-order valence-corrected chi connectivity index (χ1v) is 12.5. The lowest BCUT2D eigenvalue weighted by molar-refractivity contribution is -0.136. The minimum Gasteiger partial charge on any atom is -0.337 e. The van der Waals surface area contributed by atoms with Crippen molar-refractivity contribution in [1.82, 2.24) is 19.3 Å². The summed E-state index contributed by atoms with van der Waals surface area (Å²) in [5.41, 5.74) is 0.710. The Bertz CT molecular complexity index is 1250. The van der Waals surface area contributed by atoms with Crippen molar-refractivity contribution in [3.63, 3.8) is 0 Å². The number of carbonyl (C=O) groups excluding carboxylic acids is 1. The minimum absolute atomic E-state index is 0.117. The van der Waals surface area contributed by atoms with E-state index in [1.54, 1.807) is 25.2 Å². The summed E-state index contributed by atoms with van der Waals surface area (Å²) in [5, 5.41) is 4.97. The van der Waals surface area contributed by atoms with Gasteiger partial charge in [0.05, 0.1) is 17.4 Å². The summed E-state index contributed by atoms with van der Waals surface area (Å²) in [6.45, 7) is 0.601. The van der Waals surface area contributed by atoms with Crippen LogP contribution in [0.5, 0.6) is 0 Å². The molecule has 8 nitrogen and oxygen atoms in total. The van der Waals surface area contributed by atoms with Crippen LogP contribution >= 0.6 is 23.2 Å². The second-order valence-corrected chi connectivity index (χ2v) is 10.7. The van der Waals surface area contributed by atoms with Gasteiger partial charge in [0.25, 0.3) is 0 Å². The molecule has 33 heavy (non-hydrogen) atoms. The van der Waals surface area contributed by atoms with Crippen molar-refractivity contribution < 1.29 is 17.7 Å². The van der Waals surface area contributed by atoms with Gasteiger partial charge in [-0.15, -0.1) is 0 Å². The van der Waals surface area contributed by atoms with E-state index < -0.39 is 15.9 Å². The van der Waals surface area contributed by atoms with E-state index in [0.29, 0.717) is 40.8 Å². The maximum Gasteiger partial charge on any atom is 0.246 e. The third kappa shape index (κ3) is 5.38. The van der Waals surface area contributed by atoms with Crippen LogP contribution in [0.2, 0.25) is 10.0 Å². The van der Waals surface area contributed by atoms with E-state index in [1.165, 1.54) is 33.5 Å². The van der Waals surface area contributed by atoms with Crippen LogP contribution in [0.3, 0.4) is 0 Å². The molecule has 174 valence electrons. The number of amides is 1. The first-order valence-electron chi connectivity index (χ1n) is 10.3. The molecule has 2 heterocycles. The van der Waals surface area contributed by atoms with Crippen molar-refractivity contribution >= 4 is 39.1 Å². The zero-order chi connectivity index (χ0) is 23.6. The number of aromatic nitrogens is 2. The Morgan fingerprint density at radius 2 is 1.94 bits per heavy atom. The third-order valence-electron chi connectivity index (χ3n) is 5.48. The van der Waals surface area contributed by atoms with Crippen molar-refractivity contribution in [2.45, 2.75) is 24.3 Å². The van der Waals surface area contributed by atoms with Crippen LogP contribution in [0, 0.1) is 5.92 Å². The molecule has 1 atom stereocenters. The molecular formula is C22H22Cl2N4O4S. The average Bonchev–Trinajstić information content (AvgIpc) is 3.27. The molecule has 2 aromatic carbocycles. The number of carbonyl (C=O) groups is 1. The summed E-state index contributed by atoms with van der Waals surface area (Å²) in [4.78, 5) is 19.0. The van der Waals surface area contributed by atoms with Gasteiger partial charge in [0.15, 0.2) is 0 Å². The Hall–Kier alpha value is -2.46. The van der Waals surface area contributed by atoms with E-state index in [9.17, 15) is 13.2 Å². The van der Waals surface area contributed by atoms with Gasteiger partial charge in [0, 0.05) is 35.7 Å². The smallest absolute Gasteiger partial charge is 0.246 e. The Kier molecular flexibility index (Phi) is 7.04. The van der Waals surface area contributed by atoms with E-state index in [-0.39, 0.29) is 29.8 Å². The Balaban J connectivity index is 1.42. The lowest BCUT2D eigenvalue weighted by Crippen LogP contribution is -2.45. The number of rotatable bonds is 6. The minimum atomic E-state index is -3.71. The Labute approximate surface area is 202 Å². The number of piperidine rings is 1. The molecule has 4 rings (SSSR count). The van der Waals surface area contributed by atoms with Gasteiger partial charge in [0.1, 0.15) is 0 Å². The summed E-state index contributed by atoms with van der Waals surface area (Å²) < 4.78 is 32.7. The second-order valence-electron chi connectivity index (χ2n) is 7.87. The van der Waals surface area contributed by atoms with Gasteiger partial charge in [-0.3, -0.25) is 4.79 Å². The number of nitrogens with zero attached hydrogens (tertiary/aromatic N) is 4. The summed E-state index contributed by atoms with van der Waals surface area (Å²) in [6.07, 6.45) is 1.20. The lowest BCUT2D eigenvalue weighted by Gasteiger charge is -2.33. The monoisotopic (exact) mass is 508 g/mol. The molecule has 1 aromatic heterocycles. The Morgan fingerprint density at radius 3 is 2.67 bits per heavy atom. The van der Waals surface area contributed by atoms with Gasteiger partial charge in [-0.05, 0) is 49.2 Å². The van der Waals surface area contributed by atoms with Crippen molar-refractivity contribution in [1.29, 1.82) is 0 Å². The number of halogens is 2. The van der Waals surface area contributed by atoms with Crippen LogP contribution in [0.4, 0.5) is 0 Å². The standard InChI is InChI=1S/C22H22Cl2N4O4S/c1-27(14-20-25-21(26-32-20)15-4-2-6-18(24)12-15)22(29)16-5-3-11-28(13-16)33(30,31)19-9-7-17(23)8-10-19/h2,4,6-10,12,16H,3,5,11,13-14H2,1H3/t16-/m0/s1. The molecule has 11 heteroatoms. The molecular weight excluding hydrogens is 487 g/mol. The highest BCUT2D eigenvalue weighted by atomic mass is 35.5. The number of benzene rings is 2. The normalized spacial score (nSPS) is 17.1. The highest BCUT2D eigenvalue weighted by Crippen LogP contribution is 2.26. The summed E-state index contributed by atoms with van der Waals surface area (Å²) in [5.74, 6) is 0.0307. The Morgan fingerprint density at radius 1 is 1.18 bits per heavy atom. The van der Waals surface area contributed by atoms with E-state index in [1.807, 2.05) is 6.07 Å². The molecule has 1 aliphatic heterocycles. The van der Waals surface area contributed by atoms with Gasteiger partial charge in [-0.2, -0.15) is 9.29 Å². The molecule has 3 aromatic rings. The van der Waals surface area contributed by atoms with Crippen molar-refractivity contribution in [2.24, 2.45) is 5.92 Å². The quantitative estimate of drug-likeness (QED) is 0.497. The van der Waals surface area contributed by atoms with Gasteiger partial charge < -0.3 is 9.42 Å². The highest BCUT2D eigenvalue weighted by Gasteiger charge is 2.34. The fourth-order valence-corrected chi connectivity index (χ4v) is 5.61. The molecule has 0 aliphatic carbocycles. The second kappa shape index (κ2) is 9.80. The summed E-state index contributed by atoms with van der Waals surface area (Å²) in [6, 6.07) is 13.1. The molecule has 0 unspecified atom stereocenters. The van der Waals surface area contributed by atoms with Gasteiger partial charge in [0.2, 0.25) is 27.6 Å². The average molecular weight is 509 g/mol. The largest absolute Gasteiger partial charge is 0.337 e. The van der Waals surface area contributed by atoms with Crippen molar-refractivity contribution in [3.8, 4) is 11.4 Å². The predicted octanol–water partition coefficient (Wildman–Crippen LogP) is 4.10. The lowest BCUT2D eigenvalue weighted by atomic mass is 9.98. The van der Waals surface area contributed by atoms with Crippen LogP contribution in [-0.4, -0.2) is 53.8 Å². The summed E-state index contributed by atoms with van der Waals surface area (Å²) >= 11 is 11.9. The van der Waals surface area contributed by atoms with E-state index in [4.69, 9.17) is 27.7 Å². The maximum absolute atomic E-state index is 13.1. The number of sulfonamides is 1. The van der Waals surface area contributed by atoms with E-state index in [0.717, 1.165) is 0 Å². The maximum atomic E-state index is 13.1. The number of hydrogen-bond acceptors (Lipinski definition) is 6. The number of hydrogen-bond donors (Lipinski definition) is 0. The van der Waals surface area contributed by atoms with Crippen LogP contribution in [0.25, 0.3) is 11.4 Å². The zero-order valence-electron chi connectivity index (χ0n) is 17.8. The highest BCUT2D eigenvalue weighted by molar-refractivity contribution is 7.89. The molecule has 1 amide bonds. The van der Waals surface area contributed by atoms with Gasteiger partial charge in [-0.1, -0.05) is 40.5 Å². The molecule has 0 radical (unpaired) electrons. The molecule has 0 N–H and O–H groups in total. The van der Waals surface area contributed by atoms with Crippen LogP contribution < -0.4 is 0 Å². The topological polar surface area (TPSA) is 96.6 Å². The molecule has 0 spiro atoms. The molecule has 0 saturated carbocycles. The molecule has 1 aliphatic rings. The zero-order valence-corrected chi connectivity index (χ0v) is 20.1. The van der Waals surface area contributed by atoms with Gasteiger partial charge in [-0.25, -0.2) is 8.42 Å². The first kappa shape index (κ1) is 23.7. The van der Waals surface area contributed by atoms with Gasteiger partial charge >= 0.3 is 0 Å². The van der Waals surface area contributed by atoms with Crippen molar-refractivity contribution in [2.75, 3.05) is 20.1 Å². The van der Waals surface area contributed by atoms with E-state index >= 15 is 0 Å². The first-order chi connectivity index (χ1) is 15.7. The third-order valence-corrected chi connectivity index (χ3v) is 7.85. The SMILES string of the molecule is CN(Cc1nc(-c2cccc(Cl)c2)no1)C(=O)[C@H]1CCCN(S(=O)(=O)c2ccc(Cl)cc2)C1. The van der Waals surface area contributed by atoms with Crippen LogP contribution in [-0.2, 0) is 21.4 Å². The fourth-order valence-electron chi connectivity index (χ4n) is 3.77. The summed E-state index contributed by atoms with van der Waals surface area (Å²) in [7, 11) is -2.07. The van der Waals surface area contributed by atoms with Crippen LogP contribution in [0.1, 0.15) is 18.7 Å². The molecule has 0 bridgehead atoms. The molecule has 1 fully saturated rings.